The topological polar surface area (TPSA) is 63.5 Å². The van der Waals surface area contributed by atoms with Crippen molar-refractivity contribution in [2.24, 2.45) is 0 Å². The third-order valence-electron chi connectivity index (χ3n) is 4.58. The zero-order valence-corrected chi connectivity index (χ0v) is 16.0. The normalized spacial score (nSPS) is 17.0. The Labute approximate surface area is 154 Å². The molecule has 3 rings (SSSR count). The molecule has 1 amide bonds. The molecule has 26 heavy (non-hydrogen) atoms. The van der Waals surface area contributed by atoms with E-state index < -0.39 is 0 Å². The molecule has 1 aromatic heterocycles. The Morgan fingerprint density at radius 1 is 1.31 bits per heavy atom. The van der Waals surface area contributed by atoms with Crippen molar-refractivity contribution in [2.75, 3.05) is 27.2 Å². The molecule has 0 radical (unpaired) electrons. The number of hydrogen-bond acceptors (Lipinski definition) is 5. The SMILES string of the molecule is Cc1nc(C)n(CCC(=O)N2Cc3ccccc3OCC2CN(C)C)n1. The highest BCUT2D eigenvalue weighted by Crippen LogP contribution is 2.25. The number of ether oxygens (including phenoxy) is 1. The lowest BCUT2D eigenvalue weighted by Gasteiger charge is -2.31. The van der Waals surface area contributed by atoms with Gasteiger partial charge in [0.05, 0.1) is 12.6 Å². The molecule has 0 fully saturated rings. The predicted molar refractivity (Wildman–Crippen MR) is 98.9 cm³/mol. The van der Waals surface area contributed by atoms with E-state index in [2.05, 4.69) is 15.0 Å². The fraction of sp³-hybridized carbons (Fsp3) is 0.526. The first kappa shape index (κ1) is 18.4. The molecule has 0 bridgehead atoms. The van der Waals surface area contributed by atoms with Crippen LogP contribution in [-0.4, -0.2) is 63.8 Å². The molecule has 1 aliphatic rings. The number of hydrogen-bond donors (Lipinski definition) is 0. The van der Waals surface area contributed by atoms with Gasteiger partial charge in [-0.25, -0.2) is 9.67 Å². The van der Waals surface area contributed by atoms with E-state index in [4.69, 9.17) is 4.74 Å². The maximum Gasteiger partial charge on any atom is 0.225 e. The molecule has 7 heteroatoms. The number of rotatable bonds is 5. The summed E-state index contributed by atoms with van der Waals surface area (Å²) in [6, 6.07) is 7.96. The van der Waals surface area contributed by atoms with Crippen LogP contribution < -0.4 is 4.74 Å². The van der Waals surface area contributed by atoms with Crippen molar-refractivity contribution < 1.29 is 9.53 Å². The van der Waals surface area contributed by atoms with Gasteiger partial charge in [-0.3, -0.25) is 4.79 Å². The van der Waals surface area contributed by atoms with E-state index in [-0.39, 0.29) is 11.9 Å². The Morgan fingerprint density at radius 3 is 2.77 bits per heavy atom. The van der Waals surface area contributed by atoms with Crippen LogP contribution in [-0.2, 0) is 17.9 Å². The Bertz CT molecular complexity index is 771. The number of para-hydroxylation sites is 1. The number of aryl methyl sites for hydroxylation is 3. The second-order valence-corrected chi connectivity index (χ2v) is 7.04. The third-order valence-corrected chi connectivity index (χ3v) is 4.58. The van der Waals surface area contributed by atoms with Crippen molar-refractivity contribution >= 4 is 5.91 Å². The standard InChI is InChI=1S/C19H27N5O2/c1-14-20-15(2)24(21-14)10-9-19(25)23-11-16-7-5-6-8-18(16)26-13-17(23)12-22(3)4/h5-8,17H,9-13H2,1-4H3. The second-order valence-electron chi connectivity index (χ2n) is 7.04. The number of likely N-dealkylation sites (N-methyl/N-ethyl adjacent to an activating group) is 1. The van der Waals surface area contributed by atoms with Crippen LogP contribution in [0.2, 0.25) is 0 Å². The molecule has 0 spiro atoms. The highest BCUT2D eigenvalue weighted by molar-refractivity contribution is 5.76. The van der Waals surface area contributed by atoms with Gasteiger partial charge in [0.25, 0.3) is 0 Å². The zero-order chi connectivity index (χ0) is 18.7. The Balaban J connectivity index is 1.75. The summed E-state index contributed by atoms with van der Waals surface area (Å²) in [5.74, 6) is 2.56. The van der Waals surface area contributed by atoms with Crippen LogP contribution in [0, 0.1) is 13.8 Å². The maximum absolute atomic E-state index is 13.0. The first-order valence-corrected chi connectivity index (χ1v) is 8.97. The quantitative estimate of drug-likeness (QED) is 0.814. The number of carbonyl (C=O) groups excluding carboxylic acids is 1. The van der Waals surface area contributed by atoms with E-state index in [0.29, 0.717) is 26.1 Å². The second kappa shape index (κ2) is 7.86. The van der Waals surface area contributed by atoms with E-state index >= 15 is 0 Å². The van der Waals surface area contributed by atoms with E-state index in [1.165, 1.54) is 0 Å². The molecule has 1 unspecified atom stereocenters. The number of carbonyl (C=O) groups is 1. The number of amides is 1. The van der Waals surface area contributed by atoms with Crippen LogP contribution in [0.4, 0.5) is 0 Å². The molecular weight excluding hydrogens is 330 g/mol. The van der Waals surface area contributed by atoms with Crippen molar-refractivity contribution in [1.82, 2.24) is 24.6 Å². The summed E-state index contributed by atoms with van der Waals surface area (Å²) in [4.78, 5) is 21.4. The average molecular weight is 357 g/mol. The maximum atomic E-state index is 13.0. The smallest absolute Gasteiger partial charge is 0.225 e. The molecule has 0 aliphatic carbocycles. The minimum absolute atomic E-state index is 0.0171. The predicted octanol–water partition coefficient (Wildman–Crippen LogP) is 1.64. The number of aromatic nitrogens is 3. The van der Waals surface area contributed by atoms with Crippen LogP contribution >= 0.6 is 0 Å². The largest absolute Gasteiger partial charge is 0.491 e. The van der Waals surface area contributed by atoms with Crippen molar-refractivity contribution in [3.8, 4) is 5.75 Å². The number of nitrogens with zero attached hydrogens (tertiary/aromatic N) is 5. The third kappa shape index (κ3) is 4.22. The van der Waals surface area contributed by atoms with Gasteiger partial charge in [-0.2, -0.15) is 5.10 Å². The van der Waals surface area contributed by atoms with E-state index in [1.54, 1.807) is 4.68 Å². The first-order chi connectivity index (χ1) is 12.4. The first-order valence-electron chi connectivity index (χ1n) is 8.97. The Kier molecular flexibility index (Phi) is 5.56. The van der Waals surface area contributed by atoms with Crippen LogP contribution in [0.3, 0.4) is 0 Å². The lowest BCUT2D eigenvalue weighted by atomic mass is 10.1. The molecule has 1 aromatic carbocycles. The van der Waals surface area contributed by atoms with E-state index in [9.17, 15) is 4.79 Å². The molecule has 1 aliphatic heterocycles. The number of benzene rings is 1. The summed E-state index contributed by atoms with van der Waals surface area (Å²) in [5, 5.41) is 4.35. The summed E-state index contributed by atoms with van der Waals surface area (Å²) in [5.41, 5.74) is 1.05. The van der Waals surface area contributed by atoms with Gasteiger partial charge in [0, 0.05) is 25.1 Å². The zero-order valence-electron chi connectivity index (χ0n) is 16.0. The monoisotopic (exact) mass is 357 g/mol. The summed E-state index contributed by atoms with van der Waals surface area (Å²) >= 11 is 0. The molecule has 0 N–H and O–H groups in total. The van der Waals surface area contributed by atoms with Crippen molar-refractivity contribution in [1.29, 1.82) is 0 Å². The molecule has 0 saturated heterocycles. The van der Waals surface area contributed by atoms with Crippen LogP contribution in [0.15, 0.2) is 24.3 Å². The van der Waals surface area contributed by atoms with Crippen molar-refractivity contribution in [2.45, 2.75) is 39.4 Å². The molecule has 2 aromatic rings. The van der Waals surface area contributed by atoms with Gasteiger partial charge in [0.2, 0.25) is 5.91 Å². The van der Waals surface area contributed by atoms with Gasteiger partial charge < -0.3 is 14.5 Å². The van der Waals surface area contributed by atoms with Crippen LogP contribution in [0.1, 0.15) is 23.6 Å². The van der Waals surface area contributed by atoms with Gasteiger partial charge >= 0.3 is 0 Å². The van der Waals surface area contributed by atoms with Crippen molar-refractivity contribution in [3.63, 3.8) is 0 Å². The summed E-state index contributed by atoms with van der Waals surface area (Å²) in [6.45, 7) is 6.16. The molecule has 7 nitrogen and oxygen atoms in total. The highest BCUT2D eigenvalue weighted by atomic mass is 16.5. The van der Waals surface area contributed by atoms with Gasteiger partial charge in [-0.05, 0) is 34.0 Å². The van der Waals surface area contributed by atoms with Crippen molar-refractivity contribution in [3.05, 3.63) is 41.5 Å². The molecule has 2 heterocycles. The lowest BCUT2D eigenvalue weighted by molar-refractivity contribution is -0.135. The van der Waals surface area contributed by atoms with Crippen LogP contribution in [0.25, 0.3) is 0 Å². The van der Waals surface area contributed by atoms with Gasteiger partial charge in [-0.1, -0.05) is 18.2 Å². The Hall–Kier alpha value is -2.41. The summed E-state index contributed by atoms with van der Waals surface area (Å²) in [6.07, 6.45) is 0.399. The number of fused-ring (bicyclic) bond motifs is 1. The van der Waals surface area contributed by atoms with Gasteiger partial charge in [0.1, 0.15) is 24.0 Å². The molecule has 140 valence electrons. The Morgan fingerprint density at radius 2 is 2.08 bits per heavy atom. The van der Waals surface area contributed by atoms with E-state index in [0.717, 1.165) is 29.5 Å². The average Bonchev–Trinajstić information content (AvgIpc) is 2.81. The fourth-order valence-corrected chi connectivity index (χ4v) is 3.35. The fourth-order valence-electron chi connectivity index (χ4n) is 3.35. The molecular formula is C19H27N5O2. The minimum atomic E-state index is 0.0171. The van der Waals surface area contributed by atoms with Crippen LogP contribution in [0.5, 0.6) is 5.75 Å². The highest BCUT2D eigenvalue weighted by Gasteiger charge is 2.28. The minimum Gasteiger partial charge on any atom is -0.491 e. The van der Waals surface area contributed by atoms with Gasteiger partial charge in [0.15, 0.2) is 0 Å². The van der Waals surface area contributed by atoms with E-state index in [1.807, 2.05) is 57.1 Å². The summed E-state index contributed by atoms with van der Waals surface area (Å²) < 4.78 is 7.78. The molecule has 1 atom stereocenters. The van der Waals surface area contributed by atoms with Gasteiger partial charge in [-0.15, -0.1) is 0 Å². The summed E-state index contributed by atoms with van der Waals surface area (Å²) in [7, 11) is 4.03. The molecule has 0 saturated carbocycles. The lowest BCUT2D eigenvalue weighted by Crippen LogP contribution is -2.47.